The van der Waals surface area contributed by atoms with Gasteiger partial charge in [0.15, 0.2) is 0 Å². The quantitative estimate of drug-likeness (QED) is 0.911. The van der Waals surface area contributed by atoms with E-state index in [4.69, 9.17) is 0 Å². The van der Waals surface area contributed by atoms with Gasteiger partial charge in [0.2, 0.25) is 0 Å². The maximum absolute atomic E-state index is 4.49. The molecule has 1 aliphatic rings. The zero-order valence-electron chi connectivity index (χ0n) is 12.5. The monoisotopic (exact) mass is 268 g/mol. The standard InChI is InChI=1S/C18H24N2/c1-13-7-8-15(10-19-2)17(9-13)18-12-20-11-14-5-3-4-6-16(14)18/h3-6,11-13,15,17,19H,7-10H2,1-2H3. The van der Waals surface area contributed by atoms with E-state index in [9.17, 15) is 0 Å². The second-order valence-electron chi connectivity index (χ2n) is 6.29. The van der Waals surface area contributed by atoms with Crippen molar-refractivity contribution in [1.29, 1.82) is 0 Å². The number of rotatable bonds is 3. The molecule has 1 aromatic heterocycles. The van der Waals surface area contributed by atoms with Crippen LogP contribution in [0.4, 0.5) is 0 Å². The Labute approximate surface area is 121 Å². The molecule has 0 spiro atoms. The van der Waals surface area contributed by atoms with E-state index in [1.165, 1.54) is 35.6 Å². The van der Waals surface area contributed by atoms with Crippen LogP contribution in [0.1, 0.15) is 37.7 Å². The molecule has 20 heavy (non-hydrogen) atoms. The summed E-state index contributed by atoms with van der Waals surface area (Å²) >= 11 is 0. The predicted octanol–water partition coefficient (Wildman–Crippen LogP) is 3.97. The highest BCUT2D eigenvalue weighted by Gasteiger charge is 2.30. The normalized spacial score (nSPS) is 26.8. The third kappa shape index (κ3) is 2.57. The van der Waals surface area contributed by atoms with Gasteiger partial charge in [-0.2, -0.15) is 0 Å². The van der Waals surface area contributed by atoms with Crippen LogP contribution in [0.5, 0.6) is 0 Å². The van der Waals surface area contributed by atoms with Gasteiger partial charge in [-0.05, 0) is 55.1 Å². The lowest BCUT2D eigenvalue weighted by molar-refractivity contribution is 0.246. The van der Waals surface area contributed by atoms with Gasteiger partial charge in [-0.3, -0.25) is 4.98 Å². The fourth-order valence-corrected chi connectivity index (χ4v) is 3.77. The molecule has 1 aliphatic carbocycles. The number of aromatic nitrogens is 1. The SMILES string of the molecule is CNCC1CCC(C)CC1c1cncc2ccccc12. The van der Waals surface area contributed by atoms with Crippen LogP contribution in [0.2, 0.25) is 0 Å². The average molecular weight is 268 g/mol. The van der Waals surface area contributed by atoms with Crippen molar-refractivity contribution in [1.82, 2.24) is 10.3 Å². The molecule has 3 rings (SSSR count). The lowest BCUT2D eigenvalue weighted by Crippen LogP contribution is -2.30. The Morgan fingerprint density at radius 1 is 1.20 bits per heavy atom. The molecule has 0 bridgehead atoms. The smallest absolute Gasteiger partial charge is 0.0346 e. The summed E-state index contributed by atoms with van der Waals surface area (Å²) in [6.45, 7) is 3.50. The van der Waals surface area contributed by atoms with E-state index in [1.54, 1.807) is 0 Å². The minimum atomic E-state index is 0.643. The molecule has 2 heteroatoms. The zero-order valence-corrected chi connectivity index (χ0v) is 12.5. The average Bonchev–Trinajstić information content (AvgIpc) is 2.49. The molecule has 1 N–H and O–H groups in total. The summed E-state index contributed by atoms with van der Waals surface area (Å²) in [5, 5.41) is 6.04. The van der Waals surface area contributed by atoms with Crippen LogP contribution in [0.15, 0.2) is 36.7 Å². The van der Waals surface area contributed by atoms with E-state index in [0.29, 0.717) is 5.92 Å². The van der Waals surface area contributed by atoms with Crippen LogP contribution in [0, 0.1) is 11.8 Å². The summed E-state index contributed by atoms with van der Waals surface area (Å²) in [5.41, 5.74) is 1.45. The number of fused-ring (bicyclic) bond motifs is 1. The summed E-state index contributed by atoms with van der Waals surface area (Å²) in [6.07, 6.45) is 8.07. The number of nitrogens with one attached hydrogen (secondary N) is 1. The zero-order chi connectivity index (χ0) is 13.9. The third-order valence-electron chi connectivity index (χ3n) is 4.82. The van der Waals surface area contributed by atoms with Gasteiger partial charge < -0.3 is 5.32 Å². The molecule has 1 heterocycles. The Hall–Kier alpha value is -1.41. The lowest BCUT2D eigenvalue weighted by Gasteiger charge is -2.35. The summed E-state index contributed by atoms with van der Waals surface area (Å²) in [5.74, 6) is 2.21. The molecule has 1 saturated carbocycles. The number of nitrogens with zero attached hydrogens (tertiary/aromatic N) is 1. The summed E-state index contributed by atoms with van der Waals surface area (Å²) in [7, 11) is 2.07. The molecule has 3 unspecified atom stereocenters. The van der Waals surface area contributed by atoms with Gasteiger partial charge >= 0.3 is 0 Å². The highest BCUT2D eigenvalue weighted by atomic mass is 14.8. The van der Waals surface area contributed by atoms with Gasteiger partial charge in [-0.15, -0.1) is 0 Å². The third-order valence-corrected chi connectivity index (χ3v) is 4.82. The molecular weight excluding hydrogens is 244 g/mol. The molecule has 1 aromatic carbocycles. The largest absolute Gasteiger partial charge is 0.319 e. The van der Waals surface area contributed by atoms with Crippen molar-refractivity contribution in [2.45, 2.75) is 32.1 Å². The van der Waals surface area contributed by atoms with Crippen molar-refractivity contribution in [3.8, 4) is 0 Å². The molecule has 0 amide bonds. The Balaban J connectivity index is 2.02. The fourth-order valence-electron chi connectivity index (χ4n) is 3.77. The first-order chi connectivity index (χ1) is 9.79. The van der Waals surface area contributed by atoms with Crippen LogP contribution in [0.3, 0.4) is 0 Å². The van der Waals surface area contributed by atoms with Gasteiger partial charge in [0.1, 0.15) is 0 Å². The molecule has 106 valence electrons. The number of hydrogen-bond donors (Lipinski definition) is 1. The first-order valence-corrected chi connectivity index (χ1v) is 7.77. The van der Waals surface area contributed by atoms with Gasteiger partial charge in [-0.25, -0.2) is 0 Å². The molecular formula is C18H24N2. The molecule has 0 radical (unpaired) electrons. The van der Waals surface area contributed by atoms with Crippen LogP contribution in [-0.4, -0.2) is 18.6 Å². The number of benzene rings is 1. The van der Waals surface area contributed by atoms with E-state index in [1.807, 2.05) is 6.20 Å². The van der Waals surface area contributed by atoms with Crippen LogP contribution in [0.25, 0.3) is 10.8 Å². The Bertz CT molecular complexity index is 573. The fraction of sp³-hybridized carbons (Fsp3) is 0.500. The lowest BCUT2D eigenvalue weighted by atomic mass is 9.71. The highest BCUT2D eigenvalue weighted by Crippen LogP contribution is 2.42. The Morgan fingerprint density at radius 3 is 2.90 bits per heavy atom. The van der Waals surface area contributed by atoms with E-state index >= 15 is 0 Å². The molecule has 0 aliphatic heterocycles. The van der Waals surface area contributed by atoms with E-state index in [2.05, 4.69) is 54.7 Å². The molecule has 0 saturated heterocycles. The van der Waals surface area contributed by atoms with Crippen molar-refractivity contribution >= 4 is 10.8 Å². The van der Waals surface area contributed by atoms with Crippen molar-refractivity contribution < 1.29 is 0 Å². The highest BCUT2D eigenvalue weighted by molar-refractivity contribution is 5.85. The summed E-state index contributed by atoms with van der Waals surface area (Å²) in [4.78, 5) is 4.49. The van der Waals surface area contributed by atoms with Gasteiger partial charge in [0.05, 0.1) is 0 Å². The summed E-state index contributed by atoms with van der Waals surface area (Å²) in [6, 6.07) is 8.67. The Kier molecular flexibility index (Phi) is 4.02. The topological polar surface area (TPSA) is 24.9 Å². The van der Waals surface area contributed by atoms with Crippen LogP contribution < -0.4 is 5.32 Å². The minimum absolute atomic E-state index is 0.643. The van der Waals surface area contributed by atoms with Gasteiger partial charge in [-0.1, -0.05) is 37.6 Å². The maximum atomic E-state index is 4.49. The molecule has 3 atom stereocenters. The number of hydrogen-bond acceptors (Lipinski definition) is 2. The molecule has 2 nitrogen and oxygen atoms in total. The van der Waals surface area contributed by atoms with Crippen LogP contribution in [-0.2, 0) is 0 Å². The predicted molar refractivity (Wildman–Crippen MR) is 84.9 cm³/mol. The minimum Gasteiger partial charge on any atom is -0.319 e. The van der Waals surface area contributed by atoms with Crippen molar-refractivity contribution in [3.05, 3.63) is 42.2 Å². The summed E-state index contributed by atoms with van der Waals surface area (Å²) < 4.78 is 0. The van der Waals surface area contributed by atoms with Crippen molar-refractivity contribution in [2.24, 2.45) is 11.8 Å². The first-order valence-electron chi connectivity index (χ1n) is 7.77. The van der Waals surface area contributed by atoms with Crippen LogP contribution >= 0.6 is 0 Å². The maximum Gasteiger partial charge on any atom is 0.0346 e. The van der Waals surface area contributed by atoms with E-state index in [0.717, 1.165) is 18.4 Å². The van der Waals surface area contributed by atoms with E-state index in [-0.39, 0.29) is 0 Å². The van der Waals surface area contributed by atoms with Gasteiger partial charge in [0.25, 0.3) is 0 Å². The molecule has 2 aromatic rings. The number of pyridine rings is 1. The van der Waals surface area contributed by atoms with Crippen molar-refractivity contribution in [3.63, 3.8) is 0 Å². The second-order valence-corrected chi connectivity index (χ2v) is 6.29. The van der Waals surface area contributed by atoms with Gasteiger partial charge in [0, 0.05) is 17.8 Å². The molecule has 1 fully saturated rings. The van der Waals surface area contributed by atoms with E-state index < -0.39 is 0 Å². The second kappa shape index (κ2) is 5.92. The Morgan fingerprint density at radius 2 is 2.05 bits per heavy atom. The van der Waals surface area contributed by atoms with Crippen molar-refractivity contribution in [2.75, 3.05) is 13.6 Å². The first kappa shape index (κ1) is 13.6.